The zero-order chi connectivity index (χ0) is 21.0. The number of carbonyl (C=O) groups is 1. The molecule has 0 bridgehead atoms. The lowest BCUT2D eigenvalue weighted by Gasteiger charge is -2.32. The number of pyridine rings is 1. The third-order valence-electron chi connectivity index (χ3n) is 5.02. The summed E-state index contributed by atoms with van der Waals surface area (Å²) in [7, 11) is 0. The van der Waals surface area contributed by atoms with Gasteiger partial charge in [0.1, 0.15) is 11.9 Å². The maximum atomic E-state index is 14.1. The quantitative estimate of drug-likeness (QED) is 0.554. The first kappa shape index (κ1) is 18.4. The molecule has 11 heteroatoms. The summed E-state index contributed by atoms with van der Waals surface area (Å²) < 4.78 is 34.4. The lowest BCUT2D eigenvalue weighted by Crippen LogP contribution is -2.41. The average Bonchev–Trinajstić information content (AvgIpc) is 3.43. The number of H-pyrrole nitrogens is 1. The van der Waals surface area contributed by atoms with Gasteiger partial charge in [0.15, 0.2) is 5.67 Å². The van der Waals surface area contributed by atoms with Gasteiger partial charge >= 0.3 is 11.8 Å². The molecule has 0 aliphatic carbocycles. The van der Waals surface area contributed by atoms with Crippen LogP contribution in [0.1, 0.15) is 53.5 Å². The first-order chi connectivity index (χ1) is 14.3. The molecule has 0 fully saturated rings. The van der Waals surface area contributed by atoms with Crippen LogP contribution >= 0.6 is 0 Å². The van der Waals surface area contributed by atoms with Crippen LogP contribution in [0.4, 0.5) is 8.78 Å². The van der Waals surface area contributed by atoms with E-state index in [9.17, 15) is 13.6 Å². The second-order valence-electron chi connectivity index (χ2n) is 7.59. The number of nitrogens with one attached hydrogen (secondary N) is 1. The molecule has 0 radical (unpaired) electrons. The number of hydrogen-bond donors (Lipinski definition) is 1. The van der Waals surface area contributed by atoms with Crippen molar-refractivity contribution in [1.29, 1.82) is 0 Å². The maximum absolute atomic E-state index is 14.1. The fourth-order valence-electron chi connectivity index (χ4n) is 3.58. The number of nitrogens with zero attached hydrogens (tertiary/aromatic N) is 6. The Kier molecular flexibility index (Phi) is 3.95. The van der Waals surface area contributed by atoms with Crippen molar-refractivity contribution >= 4 is 11.4 Å². The first-order valence-corrected chi connectivity index (χ1v) is 9.32. The summed E-state index contributed by atoms with van der Waals surface area (Å²) in [4.78, 5) is 22.2. The van der Waals surface area contributed by atoms with Gasteiger partial charge in [0.2, 0.25) is 0 Å². The molecule has 0 unspecified atom stereocenters. The van der Waals surface area contributed by atoms with Crippen LogP contribution in [0.2, 0.25) is 0 Å². The van der Waals surface area contributed by atoms with E-state index in [0.717, 1.165) is 5.69 Å². The van der Waals surface area contributed by atoms with Gasteiger partial charge < -0.3 is 14.3 Å². The number of rotatable bonds is 3. The maximum Gasteiger partial charge on any atom is 0.312 e. The van der Waals surface area contributed by atoms with Gasteiger partial charge in [0.25, 0.3) is 5.89 Å². The van der Waals surface area contributed by atoms with E-state index >= 15 is 0 Å². The Bertz CT molecular complexity index is 1250. The molecule has 1 N–H and O–H groups in total. The monoisotopic (exact) mass is 413 g/mol. The van der Waals surface area contributed by atoms with Gasteiger partial charge in [-0.05, 0) is 32.0 Å². The third-order valence-corrected chi connectivity index (χ3v) is 5.02. The van der Waals surface area contributed by atoms with Crippen molar-refractivity contribution in [1.82, 2.24) is 34.7 Å². The van der Waals surface area contributed by atoms with Crippen LogP contribution in [0.25, 0.3) is 5.52 Å². The molecule has 0 aromatic carbocycles. The van der Waals surface area contributed by atoms with E-state index in [-0.39, 0.29) is 11.8 Å². The van der Waals surface area contributed by atoms with Gasteiger partial charge in [-0.25, -0.2) is 18.3 Å². The van der Waals surface area contributed by atoms with Gasteiger partial charge in [0.05, 0.1) is 29.4 Å². The smallest absolute Gasteiger partial charge is 0.312 e. The molecule has 5 rings (SSSR count). The summed E-state index contributed by atoms with van der Waals surface area (Å²) in [5.41, 5.74) is 0.814. The van der Waals surface area contributed by atoms with Crippen LogP contribution in [0.3, 0.4) is 0 Å². The Balaban J connectivity index is 1.58. The Hall–Kier alpha value is -3.63. The van der Waals surface area contributed by atoms with Gasteiger partial charge in [-0.1, -0.05) is 0 Å². The lowest BCUT2D eigenvalue weighted by molar-refractivity contribution is 0.0636. The first-order valence-electron chi connectivity index (χ1n) is 9.32. The summed E-state index contributed by atoms with van der Waals surface area (Å²) in [6, 6.07) is 4.05. The zero-order valence-corrected chi connectivity index (χ0v) is 16.1. The van der Waals surface area contributed by atoms with Crippen molar-refractivity contribution in [3.05, 3.63) is 65.4 Å². The minimum absolute atomic E-state index is 0.275. The Morgan fingerprint density at radius 1 is 1.33 bits per heavy atom. The highest BCUT2D eigenvalue weighted by Crippen LogP contribution is 2.34. The number of imidazole rings is 1. The minimum Gasteiger partial charge on any atom is -0.413 e. The molecule has 1 atom stereocenters. The minimum atomic E-state index is -1.87. The van der Waals surface area contributed by atoms with E-state index in [2.05, 4.69) is 25.3 Å². The van der Waals surface area contributed by atoms with E-state index in [0.29, 0.717) is 29.9 Å². The summed E-state index contributed by atoms with van der Waals surface area (Å²) in [5.74, 6) is -1.57. The molecule has 0 saturated carbocycles. The Labute approximate surface area is 168 Å². The standard InChI is InChI=1S/C19H17F2N7O2/c1-19(2,21)18-25-24-16(30-18)17(29)27-6-5-12-14(23-9-22-12)15(27)13-7-11-4-3-10(20)8-28(11)26-13/h3-4,7-9,15H,5-6H2,1-2H3,(H,22,23)/t15-/m1/s1. The fraction of sp³-hybridized carbons (Fsp3) is 0.316. The number of carbonyl (C=O) groups excluding carboxylic acids is 1. The molecule has 5 heterocycles. The van der Waals surface area contributed by atoms with Gasteiger partial charge in [-0.3, -0.25) is 4.79 Å². The van der Waals surface area contributed by atoms with Crippen LogP contribution < -0.4 is 0 Å². The van der Waals surface area contributed by atoms with Gasteiger partial charge in [0, 0.05) is 18.7 Å². The second-order valence-corrected chi connectivity index (χ2v) is 7.59. The number of alkyl halides is 1. The van der Waals surface area contributed by atoms with Crippen molar-refractivity contribution in [3.8, 4) is 0 Å². The number of amides is 1. The summed E-state index contributed by atoms with van der Waals surface area (Å²) >= 11 is 0. The van der Waals surface area contributed by atoms with E-state index in [1.165, 1.54) is 35.5 Å². The van der Waals surface area contributed by atoms with E-state index < -0.39 is 23.4 Å². The number of halogens is 2. The van der Waals surface area contributed by atoms with Crippen molar-refractivity contribution in [2.45, 2.75) is 32.0 Å². The number of hydrogen-bond acceptors (Lipinski definition) is 6. The number of aromatic amines is 1. The zero-order valence-electron chi connectivity index (χ0n) is 16.1. The molecule has 0 saturated heterocycles. The van der Waals surface area contributed by atoms with E-state index in [4.69, 9.17) is 4.42 Å². The summed E-state index contributed by atoms with van der Waals surface area (Å²) in [6.45, 7) is 2.87. The molecule has 30 heavy (non-hydrogen) atoms. The van der Waals surface area contributed by atoms with Crippen LogP contribution in [0.15, 0.2) is 35.1 Å². The molecule has 0 spiro atoms. The molecule has 9 nitrogen and oxygen atoms in total. The molecule has 1 aliphatic heterocycles. The average molecular weight is 413 g/mol. The van der Waals surface area contributed by atoms with Crippen molar-refractivity contribution in [2.75, 3.05) is 6.54 Å². The molecule has 154 valence electrons. The van der Waals surface area contributed by atoms with Crippen molar-refractivity contribution in [3.63, 3.8) is 0 Å². The van der Waals surface area contributed by atoms with Crippen LogP contribution in [0.5, 0.6) is 0 Å². The highest BCUT2D eigenvalue weighted by molar-refractivity contribution is 5.90. The topological polar surface area (TPSA) is 105 Å². The largest absolute Gasteiger partial charge is 0.413 e. The summed E-state index contributed by atoms with van der Waals surface area (Å²) in [6.07, 6.45) is 3.35. The molecule has 1 amide bonds. The normalized spacial score (nSPS) is 16.8. The molecular weight excluding hydrogens is 396 g/mol. The highest BCUT2D eigenvalue weighted by Gasteiger charge is 2.39. The fourth-order valence-corrected chi connectivity index (χ4v) is 3.58. The van der Waals surface area contributed by atoms with Crippen LogP contribution in [-0.4, -0.2) is 47.1 Å². The second kappa shape index (κ2) is 6.44. The van der Waals surface area contributed by atoms with E-state index in [1.807, 2.05) is 0 Å². The number of aromatic nitrogens is 6. The molecule has 4 aromatic rings. The van der Waals surface area contributed by atoms with Crippen molar-refractivity contribution < 1.29 is 18.0 Å². The predicted octanol–water partition coefficient (Wildman–Crippen LogP) is 2.57. The Morgan fingerprint density at radius 3 is 2.93 bits per heavy atom. The van der Waals surface area contributed by atoms with Crippen LogP contribution in [0, 0.1) is 5.82 Å². The predicted molar refractivity (Wildman–Crippen MR) is 98.8 cm³/mol. The molecule has 1 aliphatic rings. The van der Waals surface area contributed by atoms with Crippen LogP contribution in [-0.2, 0) is 12.1 Å². The lowest BCUT2D eigenvalue weighted by atomic mass is 9.99. The van der Waals surface area contributed by atoms with Gasteiger partial charge in [-0.2, -0.15) is 5.10 Å². The molecule has 4 aromatic heterocycles. The summed E-state index contributed by atoms with van der Waals surface area (Å²) in [5, 5.41) is 11.8. The third kappa shape index (κ3) is 2.93. The highest BCUT2D eigenvalue weighted by atomic mass is 19.1. The molecular formula is C19H17F2N7O2. The van der Waals surface area contributed by atoms with Gasteiger partial charge in [-0.15, -0.1) is 10.2 Å². The SMILES string of the molecule is CC(C)(F)c1nnc(C(=O)N2CCc3[nH]cnc3[C@H]2c2cc3ccc(F)cn3n2)o1. The van der Waals surface area contributed by atoms with E-state index in [1.54, 1.807) is 18.5 Å². The van der Waals surface area contributed by atoms with Crippen molar-refractivity contribution in [2.24, 2.45) is 0 Å². The Morgan fingerprint density at radius 2 is 2.17 bits per heavy atom. The number of fused-ring (bicyclic) bond motifs is 2.